The molecule has 0 bridgehead atoms. The summed E-state index contributed by atoms with van der Waals surface area (Å²) >= 11 is 5.98. The van der Waals surface area contributed by atoms with Crippen molar-refractivity contribution >= 4 is 31.3 Å². The van der Waals surface area contributed by atoms with Gasteiger partial charge in [-0.25, -0.2) is 0 Å². The minimum absolute atomic E-state index is 0.0257. The maximum atomic E-state index is 11.3. The topological polar surface area (TPSA) is 105 Å². The summed E-state index contributed by atoms with van der Waals surface area (Å²) in [5.41, 5.74) is 4.75. The Morgan fingerprint density at radius 3 is 2.40 bits per heavy atom. The van der Waals surface area contributed by atoms with Crippen LogP contribution in [0.15, 0.2) is 12.1 Å². The first kappa shape index (κ1) is 21.4. The molecule has 25 heavy (non-hydrogen) atoms. The van der Waals surface area contributed by atoms with Gasteiger partial charge in [0.05, 0.1) is 31.4 Å². The summed E-state index contributed by atoms with van der Waals surface area (Å²) in [7, 11) is -1.47. The number of nitrogens with zero attached hydrogens (tertiary/aromatic N) is 1. The van der Waals surface area contributed by atoms with Gasteiger partial charge < -0.3 is 15.2 Å². The van der Waals surface area contributed by atoms with Gasteiger partial charge in [-0.05, 0) is 19.9 Å². The Balaban J connectivity index is 2.72. The third-order valence-corrected chi connectivity index (χ3v) is 8.45. The Hall–Kier alpha value is -1.64. The second-order valence-corrected chi connectivity index (χ2v) is 13.3. The molecule has 0 aliphatic carbocycles. The van der Waals surface area contributed by atoms with Crippen LogP contribution in [0.25, 0.3) is 0 Å². The van der Waals surface area contributed by atoms with Gasteiger partial charge in [-0.2, -0.15) is 0 Å². The first-order chi connectivity index (χ1) is 11.4. The Kier molecular flexibility index (Phi) is 6.98. The van der Waals surface area contributed by atoms with Crippen LogP contribution in [-0.4, -0.2) is 37.3 Å². The van der Waals surface area contributed by atoms with E-state index in [1.54, 1.807) is 0 Å². The predicted octanol–water partition coefficient (Wildman–Crippen LogP) is 3.79. The van der Waals surface area contributed by atoms with E-state index in [2.05, 4.69) is 33.5 Å². The number of benzene rings is 1. The summed E-state index contributed by atoms with van der Waals surface area (Å²) in [5.74, 6) is -0.723. The van der Waals surface area contributed by atoms with Gasteiger partial charge >= 0.3 is 0 Å². The zero-order valence-corrected chi connectivity index (χ0v) is 17.0. The molecule has 0 atom stereocenters. The number of hydrogen-bond acceptors (Lipinski definition) is 5. The summed E-state index contributed by atoms with van der Waals surface area (Å²) in [5, 5.41) is 10.7. The van der Waals surface area contributed by atoms with E-state index >= 15 is 0 Å². The molecular formula is C16H25ClN2O5Si. The quantitative estimate of drug-likeness (QED) is 0.300. The molecule has 0 saturated carbocycles. The van der Waals surface area contributed by atoms with Gasteiger partial charge in [0.1, 0.15) is 5.75 Å². The normalized spacial score (nSPS) is 12.1. The van der Waals surface area contributed by atoms with Crippen molar-refractivity contribution in [2.75, 3.05) is 13.2 Å². The number of halogens is 1. The van der Waals surface area contributed by atoms with Crippen molar-refractivity contribution in [2.24, 2.45) is 5.73 Å². The minimum atomic E-state index is -1.47. The summed E-state index contributed by atoms with van der Waals surface area (Å²) in [4.78, 5) is 21.7. The molecule has 140 valence electrons. The first-order valence-corrected chi connectivity index (χ1v) is 11.8. The van der Waals surface area contributed by atoms with E-state index < -0.39 is 24.6 Å². The fraction of sp³-hybridized carbons (Fsp3) is 0.562. The first-order valence-electron chi connectivity index (χ1n) is 7.91. The smallest absolute Gasteiger partial charge is 0.292 e. The number of ether oxygens (including phenoxy) is 2. The Morgan fingerprint density at radius 1 is 1.32 bits per heavy atom. The number of nitro groups is 1. The van der Waals surface area contributed by atoms with Crippen LogP contribution in [0, 0.1) is 10.1 Å². The molecule has 0 aliphatic heterocycles. The van der Waals surface area contributed by atoms with E-state index in [9.17, 15) is 14.9 Å². The van der Waals surface area contributed by atoms with Gasteiger partial charge in [0, 0.05) is 18.1 Å². The summed E-state index contributed by atoms with van der Waals surface area (Å²) < 4.78 is 11.5. The SMILES string of the molecule is CC(C)(OCCCOc1cc(C(N)=O)cc([N+](=O)[O-])c1Cl)[Si](C)(C)C. The largest absolute Gasteiger partial charge is 0.492 e. The lowest BCUT2D eigenvalue weighted by atomic mass is 10.2. The zero-order valence-electron chi connectivity index (χ0n) is 15.2. The second kappa shape index (κ2) is 8.16. The van der Waals surface area contributed by atoms with E-state index in [4.69, 9.17) is 26.8 Å². The molecule has 0 spiro atoms. The Bertz CT molecular complexity index is 659. The molecule has 1 aromatic rings. The van der Waals surface area contributed by atoms with Gasteiger partial charge in [0.15, 0.2) is 5.02 Å². The fourth-order valence-electron chi connectivity index (χ4n) is 1.75. The van der Waals surface area contributed by atoms with E-state index in [0.29, 0.717) is 13.0 Å². The summed E-state index contributed by atoms with van der Waals surface area (Å²) in [6.45, 7) is 11.6. The zero-order chi connectivity index (χ0) is 19.4. The molecule has 1 rings (SSSR count). The number of hydrogen-bond donors (Lipinski definition) is 1. The third-order valence-electron chi connectivity index (χ3n) is 4.32. The van der Waals surface area contributed by atoms with Crippen LogP contribution in [0.2, 0.25) is 24.7 Å². The molecule has 0 aromatic heterocycles. The molecule has 1 aromatic carbocycles. The lowest BCUT2D eigenvalue weighted by Crippen LogP contribution is -2.49. The molecule has 0 saturated heterocycles. The number of nitro benzene ring substituents is 1. The van der Waals surface area contributed by atoms with Crippen molar-refractivity contribution in [1.29, 1.82) is 0 Å². The molecule has 0 radical (unpaired) electrons. The van der Waals surface area contributed by atoms with Crippen LogP contribution in [0.4, 0.5) is 5.69 Å². The van der Waals surface area contributed by atoms with Gasteiger partial charge in [-0.15, -0.1) is 0 Å². The summed E-state index contributed by atoms with van der Waals surface area (Å²) in [6, 6.07) is 2.35. The van der Waals surface area contributed by atoms with Crippen LogP contribution in [0.3, 0.4) is 0 Å². The molecule has 0 heterocycles. The van der Waals surface area contributed by atoms with Crippen molar-refractivity contribution in [1.82, 2.24) is 0 Å². The minimum Gasteiger partial charge on any atom is -0.492 e. The van der Waals surface area contributed by atoms with Crippen molar-refractivity contribution in [3.8, 4) is 5.75 Å². The molecular weight excluding hydrogens is 364 g/mol. The van der Waals surface area contributed by atoms with Crippen LogP contribution in [0.1, 0.15) is 30.6 Å². The van der Waals surface area contributed by atoms with E-state index in [-0.39, 0.29) is 28.2 Å². The van der Waals surface area contributed by atoms with Crippen molar-refractivity contribution in [3.05, 3.63) is 32.8 Å². The lowest BCUT2D eigenvalue weighted by Gasteiger charge is -2.37. The molecule has 0 unspecified atom stereocenters. The van der Waals surface area contributed by atoms with E-state index in [0.717, 1.165) is 6.07 Å². The van der Waals surface area contributed by atoms with Crippen molar-refractivity contribution in [3.63, 3.8) is 0 Å². The monoisotopic (exact) mass is 388 g/mol. The predicted molar refractivity (Wildman–Crippen MR) is 100 cm³/mol. The number of rotatable bonds is 9. The van der Waals surface area contributed by atoms with Crippen molar-refractivity contribution < 1.29 is 19.2 Å². The highest BCUT2D eigenvalue weighted by Gasteiger charge is 2.35. The molecule has 7 nitrogen and oxygen atoms in total. The Morgan fingerprint density at radius 2 is 1.92 bits per heavy atom. The van der Waals surface area contributed by atoms with Gasteiger partial charge in [-0.3, -0.25) is 14.9 Å². The van der Waals surface area contributed by atoms with Crippen LogP contribution < -0.4 is 10.5 Å². The highest BCUT2D eigenvalue weighted by atomic mass is 35.5. The van der Waals surface area contributed by atoms with Crippen molar-refractivity contribution in [2.45, 2.75) is 45.1 Å². The van der Waals surface area contributed by atoms with Gasteiger partial charge in [0.2, 0.25) is 5.91 Å². The van der Waals surface area contributed by atoms with E-state index in [1.165, 1.54) is 6.07 Å². The molecule has 0 fully saturated rings. The summed E-state index contributed by atoms with van der Waals surface area (Å²) in [6.07, 6.45) is 0.582. The fourth-order valence-corrected chi connectivity index (χ4v) is 2.52. The molecule has 1 amide bonds. The molecule has 9 heteroatoms. The standard InChI is InChI=1S/C16H25ClN2O5Si/c1-16(2,25(3,4)5)24-8-6-7-23-13-10-11(15(18)20)9-12(14(13)17)19(21)22/h9-10H,6-8H2,1-5H3,(H2,18,20). The maximum Gasteiger partial charge on any atom is 0.292 e. The lowest BCUT2D eigenvalue weighted by molar-refractivity contribution is -0.384. The molecule has 0 aliphatic rings. The number of amides is 1. The van der Waals surface area contributed by atoms with E-state index in [1.807, 2.05) is 0 Å². The van der Waals surface area contributed by atoms with Gasteiger partial charge in [-0.1, -0.05) is 31.2 Å². The maximum absolute atomic E-state index is 11.3. The number of primary amides is 1. The highest BCUT2D eigenvalue weighted by Crippen LogP contribution is 2.35. The number of carbonyl (C=O) groups is 1. The molecule has 2 N–H and O–H groups in total. The van der Waals surface area contributed by atoms with Crippen LogP contribution >= 0.6 is 11.6 Å². The Labute approximate surface area is 153 Å². The average Bonchev–Trinajstić information content (AvgIpc) is 2.46. The third kappa shape index (κ3) is 5.69. The highest BCUT2D eigenvalue weighted by molar-refractivity contribution is 6.78. The van der Waals surface area contributed by atoms with Crippen LogP contribution in [-0.2, 0) is 4.74 Å². The number of nitrogens with two attached hydrogens (primary N) is 1. The second-order valence-electron chi connectivity index (χ2n) is 7.24. The average molecular weight is 389 g/mol. The van der Waals surface area contributed by atoms with Crippen LogP contribution in [0.5, 0.6) is 5.75 Å². The number of carbonyl (C=O) groups excluding carboxylic acids is 1. The van der Waals surface area contributed by atoms with Gasteiger partial charge in [0.25, 0.3) is 5.69 Å².